The molecule has 3 unspecified atom stereocenters. The maximum absolute atomic E-state index is 11.1. The minimum atomic E-state index is 0.211. The number of aldehydes is 1. The molecule has 0 saturated carbocycles. The molecule has 0 N–H and O–H groups in total. The molecule has 0 aliphatic heterocycles. The van der Waals surface area contributed by atoms with E-state index in [4.69, 9.17) is 0 Å². The number of carbonyl (C=O) groups is 1. The van der Waals surface area contributed by atoms with Crippen LogP contribution in [0.25, 0.3) is 0 Å². The third-order valence-corrected chi connectivity index (χ3v) is 4.59. The van der Waals surface area contributed by atoms with Gasteiger partial charge in [-0.2, -0.15) is 0 Å². The van der Waals surface area contributed by atoms with Gasteiger partial charge in [0, 0.05) is 5.92 Å². The van der Waals surface area contributed by atoms with E-state index in [1.54, 1.807) is 0 Å². The molecule has 1 aliphatic carbocycles. The summed E-state index contributed by atoms with van der Waals surface area (Å²) in [4.78, 5) is 11.1. The third-order valence-electron chi connectivity index (χ3n) is 4.59. The highest BCUT2D eigenvalue weighted by Gasteiger charge is 2.28. The molecule has 1 nitrogen and oxygen atoms in total. The fraction of sp³-hybridized carbons (Fsp3) is 0.632. The Labute approximate surface area is 124 Å². The van der Waals surface area contributed by atoms with Crippen LogP contribution < -0.4 is 0 Å². The summed E-state index contributed by atoms with van der Waals surface area (Å²) in [5.74, 6) is 1.22. The van der Waals surface area contributed by atoms with Gasteiger partial charge in [0.15, 0.2) is 0 Å². The van der Waals surface area contributed by atoms with Crippen molar-refractivity contribution in [3.63, 3.8) is 0 Å². The Morgan fingerprint density at radius 3 is 2.60 bits per heavy atom. The number of hydrogen-bond acceptors (Lipinski definition) is 1. The summed E-state index contributed by atoms with van der Waals surface area (Å²) < 4.78 is 0. The van der Waals surface area contributed by atoms with Gasteiger partial charge in [0.05, 0.1) is 0 Å². The van der Waals surface area contributed by atoms with Crippen LogP contribution in [0.15, 0.2) is 34.9 Å². The Morgan fingerprint density at radius 2 is 2.00 bits per heavy atom. The van der Waals surface area contributed by atoms with Crippen LogP contribution >= 0.6 is 0 Å². The van der Waals surface area contributed by atoms with Crippen molar-refractivity contribution in [3.05, 3.63) is 34.9 Å². The molecule has 0 heterocycles. The second-order valence-corrected chi connectivity index (χ2v) is 6.56. The lowest BCUT2D eigenvalue weighted by Gasteiger charge is -2.32. The van der Waals surface area contributed by atoms with E-state index in [-0.39, 0.29) is 5.92 Å². The number of allylic oxidation sites excluding steroid dienone is 6. The molecule has 20 heavy (non-hydrogen) atoms. The molecular weight excluding hydrogens is 244 g/mol. The summed E-state index contributed by atoms with van der Waals surface area (Å²) in [6, 6.07) is 0. The highest BCUT2D eigenvalue weighted by Crippen LogP contribution is 2.36. The zero-order valence-corrected chi connectivity index (χ0v) is 13.8. The topological polar surface area (TPSA) is 17.1 Å². The van der Waals surface area contributed by atoms with Gasteiger partial charge in [-0.15, -0.1) is 0 Å². The van der Waals surface area contributed by atoms with Crippen molar-refractivity contribution in [2.75, 3.05) is 0 Å². The van der Waals surface area contributed by atoms with Gasteiger partial charge in [-0.1, -0.05) is 41.9 Å². The van der Waals surface area contributed by atoms with Crippen molar-refractivity contribution in [1.29, 1.82) is 0 Å². The van der Waals surface area contributed by atoms with E-state index in [0.29, 0.717) is 11.8 Å². The average Bonchev–Trinajstić information content (AvgIpc) is 2.38. The summed E-state index contributed by atoms with van der Waals surface area (Å²) in [5, 5.41) is 0. The van der Waals surface area contributed by atoms with E-state index in [1.807, 2.05) is 0 Å². The van der Waals surface area contributed by atoms with Crippen molar-refractivity contribution in [3.8, 4) is 0 Å². The van der Waals surface area contributed by atoms with Gasteiger partial charge in [-0.3, -0.25) is 0 Å². The molecule has 112 valence electrons. The molecular formula is C19H30O. The third kappa shape index (κ3) is 5.11. The summed E-state index contributed by atoms with van der Waals surface area (Å²) in [5.41, 5.74) is 4.32. The largest absolute Gasteiger partial charge is 0.303 e. The van der Waals surface area contributed by atoms with E-state index in [9.17, 15) is 4.79 Å². The van der Waals surface area contributed by atoms with Crippen LogP contribution in [-0.4, -0.2) is 6.29 Å². The molecule has 1 rings (SSSR count). The van der Waals surface area contributed by atoms with Gasteiger partial charge in [0.2, 0.25) is 0 Å². The molecule has 3 atom stereocenters. The second kappa shape index (κ2) is 8.24. The van der Waals surface area contributed by atoms with Crippen molar-refractivity contribution >= 4 is 6.29 Å². The van der Waals surface area contributed by atoms with Gasteiger partial charge in [-0.05, 0) is 65.2 Å². The molecule has 0 aromatic carbocycles. The van der Waals surface area contributed by atoms with Gasteiger partial charge in [-0.25, -0.2) is 0 Å². The molecule has 0 spiro atoms. The first-order valence-electron chi connectivity index (χ1n) is 7.86. The van der Waals surface area contributed by atoms with Crippen molar-refractivity contribution < 1.29 is 4.79 Å². The SMILES string of the molecule is CC(C)=CCCC(C)=CCC1C(C)=CCC(C=O)C1C. The van der Waals surface area contributed by atoms with Gasteiger partial charge in [0.25, 0.3) is 0 Å². The van der Waals surface area contributed by atoms with E-state index >= 15 is 0 Å². The van der Waals surface area contributed by atoms with Crippen LogP contribution in [0.4, 0.5) is 0 Å². The van der Waals surface area contributed by atoms with Crippen LogP contribution in [0.3, 0.4) is 0 Å². The summed E-state index contributed by atoms with van der Waals surface area (Å²) in [6.07, 6.45) is 12.4. The average molecular weight is 274 g/mol. The minimum absolute atomic E-state index is 0.211. The smallest absolute Gasteiger partial charge is 0.123 e. The Hall–Kier alpha value is -1.11. The Morgan fingerprint density at radius 1 is 1.30 bits per heavy atom. The lowest BCUT2D eigenvalue weighted by molar-refractivity contribution is -0.112. The Kier molecular flexibility index (Phi) is 6.98. The Bertz CT molecular complexity index is 407. The quantitative estimate of drug-likeness (QED) is 0.462. The molecule has 1 aliphatic rings. The number of rotatable bonds is 6. The number of carbonyl (C=O) groups excluding carboxylic acids is 1. The van der Waals surface area contributed by atoms with E-state index in [2.05, 4.69) is 52.8 Å². The molecule has 0 amide bonds. The maximum Gasteiger partial charge on any atom is 0.123 e. The standard InChI is InChI=1S/C19H30O/c1-14(2)7-6-8-15(3)9-12-19-16(4)10-11-18(13-20)17(19)5/h7,9-10,13,17-19H,6,8,11-12H2,1-5H3. The van der Waals surface area contributed by atoms with Crippen LogP contribution in [0.2, 0.25) is 0 Å². The summed E-state index contributed by atoms with van der Waals surface area (Å²) in [6.45, 7) is 11.0. The van der Waals surface area contributed by atoms with Gasteiger partial charge >= 0.3 is 0 Å². The molecule has 0 fully saturated rings. The maximum atomic E-state index is 11.1. The molecule has 0 radical (unpaired) electrons. The fourth-order valence-electron chi connectivity index (χ4n) is 3.00. The molecule has 0 aromatic rings. The first-order chi connectivity index (χ1) is 9.45. The predicted octanol–water partition coefficient (Wildman–Crippen LogP) is 5.49. The monoisotopic (exact) mass is 274 g/mol. The van der Waals surface area contributed by atoms with E-state index in [0.717, 1.165) is 32.0 Å². The molecule has 0 saturated heterocycles. The first kappa shape index (κ1) is 16.9. The predicted molar refractivity (Wildman–Crippen MR) is 87.6 cm³/mol. The van der Waals surface area contributed by atoms with Crippen LogP contribution in [0.5, 0.6) is 0 Å². The first-order valence-corrected chi connectivity index (χ1v) is 7.86. The van der Waals surface area contributed by atoms with Crippen LogP contribution in [0, 0.1) is 17.8 Å². The fourth-order valence-corrected chi connectivity index (χ4v) is 3.00. The molecule has 0 bridgehead atoms. The van der Waals surface area contributed by atoms with E-state index < -0.39 is 0 Å². The highest BCUT2D eigenvalue weighted by atomic mass is 16.1. The zero-order valence-electron chi connectivity index (χ0n) is 13.8. The zero-order chi connectivity index (χ0) is 15.1. The van der Waals surface area contributed by atoms with Crippen molar-refractivity contribution in [2.45, 2.75) is 60.3 Å². The lowest BCUT2D eigenvalue weighted by Crippen LogP contribution is -2.26. The number of hydrogen-bond donors (Lipinski definition) is 0. The molecule has 0 aromatic heterocycles. The van der Waals surface area contributed by atoms with Gasteiger partial charge < -0.3 is 4.79 Å². The highest BCUT2D eigenvalue weighted by molar-refractivity contribution is 5.55. The van der Waals surface area contributed by atoms with Crippen molar-refractivity contribution in [1.82, 2.24) is 0 Å². The second-order valence-electron chi connectivity index (χ2n) is 6.56. The minimum Gasteiger partial charge on any atom is -0.303 e. The van der Waals surface area contributed by atoms with Crippen LogP contribution in [0.1, 0.15) is 60.3 Å². The summed E-state index contributed by atoms with van der Waals surface area (Å²) in [7, 11) is 0. The lowest BCUT2D eigenvalue weighted by atomic mass is 9.72. The Balaban J connectivity index is 2.58. The summed E-state index contributed by atoms with van der Waals surface area (Å²) >= 11 is 0. The van der Waals surface area contributed by atoms with Crippen LogP contribution in [-0.2, 0) is 4.79 Å². The molecule has 1 heteroatoms. The normalized spacial score (nSPS) is 26.9. The van der Waals surface area contributed by atoms with Gasteiger partial charge in [0.1, 0.15) is 6.29 Å². The van der Waals surface area contributed by atoms with E-state index in [1.165, 1.54) is 16.7 Å². The van der Waals surface area contributed by atoms with Crippen molar-refractivity contribution in [2.24, 2.45) is 17.8 Å².